The van der Waals surface area contributed by atoms with E-state index < -0.39 is 47.1 Å². The van der Waals surface area contributed by atoms with Crippen molar-refractivity contribution in [3.05, 3.63) is 83.3 Å². The lowest BCUT2D eigenvalue weighted by atomic mass is 9.77. The number of aromatic nitrogens is 1. The number of H-pyrrole nitrogens is 1. The van der Waals surface area contributed by atoms with Crippen LogP contribution in [0.15, 0.2) is 55.1 Å². The van der Waals surface area contributed by atoms with Crippen LogP contribution in [0.3, 0.4) is 0 Å². The molecule has 0 radical (unpaired) electrons. The Kier molecular flexibility index (Phi) is 14.1. The number of benzene rings is 2. The van der Waals surface area contributed by atoms with Gasteiger partial charge in [-0.15, -0.1) is 0 Å². The molecule has 5 rings (SSSR count). The molecule has 0 bridgehead atoms. The number of rotatable bonds is 17. The van der Waals surface area contributed by atoms with Crippen LogP contribution in [-0.4, -0.2) is 66.0 Å². The Morgan fingerprint density at radius 3 is 2.39 bits per heavy atom. The van der Waals surface area contributed by atoms with Crippen LogP contribution >= 0.6 is 0 Å². The van der Waals surface area contributed by atoms with E-state index in [0.29, 0.717) is 61.2 Å². The number of allylic oxidation sites excluding steroid dienone is 1. The van der Waals surface area contributed by atoms with Crippen molar-refractivity contribution in [3.63, 3.8) is 0 Å². The van der Waals surface area contributed by atoms with Crippen molar-refractivity contribution >= 4 is 34.5 Å². The summed E-state index contributed by atoms with van der Waals surface area (Å²) in [6.07, 6.45) is 3.51. The number of ether oxygens (including phenoxy) is 1. The number of halogens is 3. The molecule has 1 aliphatic heterocycles. The van der Waals surface area contributed by atoms with Crippen molar-refractivity contribution in [2.24, 2.45) is 17.8 Å². The Balaban J connectivity index is 1.46. The van der Waals surface area contributed by atoms with E-state index >= 15 is 8.78 Å². The zero-order valence-corrected chi connectivity index (χ0v) is 32.9. The molecule has 0 saturated carbocycles. The third-order valence-electron chi connectivity index (χ3n) is 11.8. The Morgan fingerprint density at radius 2 is 1.71 bits per heavy atom. The van der Waals surface area contributed by atoms with Crippen molar-refractivity contribution in [1.29, 1.82) is 0 Å². The van der Waals surface area contributed by atoms with Crippen molar-refractivity contribution in [2.45, 2.75) is 109 Å². The molecule has 56 heavy (non-hydrogen) atoms. The van der Waals surface area contributed by atoms with Crippen LogP contribution in [0.25, 0.3) is 10.9 Å². The maximum Gasteiger partial charge on any atom is 0.293 e. The number of carbonyl (C=O) groups is 4. The van der Waals surface area contributed by atoms with Gasteiger partial charge in [-0.1, -0.05) is 83.5 Å². The number of aromatic amines is 1. The average molecular weight is 780 g/mol. The summed E-state index contributed by atoms with van der Waals surface area (Å²) >= 11 is 0. The van der Waals surface area contributed by atoms with Gasteiger partial charge in [-0.3, -0.25) is 19.2 Å². The van der Waals surface area contributed by atoms with E-state index in [9.17, 15) is 23.6 Å². The highest BCUT2D eigenvalue weighted by molar-refractivity contribution is 5.97. The summed E-state index contributed by atoms with van der Waals surface area (Å²) in [4.78, 5) is 59.0. The van der Waals surface area contributed by atoms with Crippen LogP contribution in [0.2, 0.25) is 0 Å². The van der Waals surface area contributed by atoms with Crippen molar-refractivity contribution in [3.8, 4) is 0 Å². The molecule has 1 aromatic heterocycles. The van der Waals surface area contributed by atoms with E-state index in [-0.39, 0.29) is 66.5 Å². The lowest BCUT2D eigenvalue weighted by Gasteiger charge is -2.40. The molecule has 4 amide bonds. The van der Waals surface area contributed by atoms with Crippen LogP contribution in [0, 0.1) is 23.6 Å². The van der Waals surface area contributed by atoms with Gasteiger partial charge in [0.1, 0.15) is 17.4 Å². The zero-order valence-electron chi connectivity index (χ0n) is 32.9. The van der Waals surface area contributed by atoms with Crippen molar-refractivity contribution < 1.29 is 37.1 Å². The van der Waals surface area contributed by atoms with E-state index in [2.05, 4.69) is 32.8 Å². The number of fused-ring (bicyclic) bond motifs is 3. The molecule has 3 aromatic rings. The van der Waals surface area contributed by atoms with Gasteiger partial charge >= 0.3 is 0 Å². The van der Waals surface area contributed by atoms with Gasteiger partial charge in [0.2, 0.25) is 23.6 Å². The maximum absolute atomic E-state index is 15.1. The zero-order chi connectivity index (χ0) is 40.6. The summed E-state index contributed by atoms with van der Waals surface area (Å²) in [5, 5.41) is 12.5. The van der Waals surface area contributed by atoms with Gasteiger partial charge in [-0.2, -0.15) is 8.78 Å². The molecule has 2 heterocycles. The maximum atomic E-state index is 15.1. The van der Waals surface area contributed by atoms with E-state index in [1.54, 1.807) is 19.1 Å². The first-order chi connectivity index (χ1) is 26.7. The van der Waals surface area contributed by atoms with Gasteiger partial charge in [0.15, 0.2) is 0 Å². The third-order valence-corrected chi connectivity index (χ3v) is 11.8. The number of hydrogen-bond donors (Lipinski definition) is 5. The first-order valence-corrected chi connectivity index (χ1v) is 19.9. The summed E-state index contributed by atoms with van der Waals surface area (Å²) in [6, 6.07) is 8.82. The van der Waals surface area contributed by atoms with Crippen LogP contribution in [0.4, 0.5) is 13.2 Å². The fraction of sp³-hybridized carbons (Fsp3) is 0.535. The van der Waals surface area contributed by atoms with E-state index in [0.717, 1.165) is 12.8 Å². The highest BCUT2D eigenvalue weighted by atomic mass is 19.3. The summed E-state index contributed by atoms with van der Waals surface area (Å²) in [6.45, 7) is 12.7. The molecule has 10 nitrogen and oxygen atoms in total. The molecule has 304 valence electrons. The second-order valence-corrected chi connectivity index (χ2v) is 15.6. The molecule has 5 N–H and O–H groups in total. The van der Waals surface area contributed by atoms with Gasteiger partial charge < -0.3 is 31.0 Å². The number of para-hydroxylation sites is 1. The summed E-state index contributed by atoms with van der Waals surface area (Å²) in [5.74, 6) is -5.91. The van der Waals surface area contributed by atoms with Crippen LogP contribution in [0.5, 0.6) is 0 Å². The molecular formula is C43H56F3N5O5. The smallest absolute Gasteiger partial charge is 0.293 e. The molecule has 1 aliphatic carbocycles. The summed E-state index contributed by atoms with van der Waals surface area (Å²) < 4.78 is 50.0. The topological polar surface area (TPSA) is 141 Å². The van der Waals surface area contributed by atoms with Crippen LogP contribution in [0.1, 0.15) is 88.6 Å². The number of carbonyl (C=O) groups excluding carboxylic acids is 4. The quantitative estimate of drug-likeness (QED) is 0.104. The highest BCUT2D eigenvalue weighted by Crippen LogP contribution is 2.40. The number of nitrogens with one attached hydrogen (secondary N) is 5. The Bertz CT molecular complexity index is 1890. The first kappa shape index (κ1) is 42.5. The fourth-order valence-corrected chi connectivity index (χ4v) is 7.74. The molecule has 5 atom stereocenters. The lowest BCUT2D eigenvalue weighted by Crippen LogP contribution is -2.66. The molecule has 2 unspecified atom stereocenters. The second-order valence-electron chi connectivity index (χ2n) is 15.6. The Hall–Kier alpha value is -4.65. The van der Waals surface area contributed by atoms with Crippen LogP contribution < -0.4 is 21.3 Å². The lowest BCUT2D eigenvalue weighted by molar-refractivity contribution is -0.137. The minimum Gasteiger partial charge on any atom is -0.381 e. The molecule has 1 fully saturated rings. The highest BCUT2D eigenvalue weighted by Gasteiger charge is 2.47. The molecule has 13 heteroatoms. The van der Waals surface area contributed by atoms with E-state index in [4.69, 9.17) is 4.74 Å². The Labute approximate surface area is 327 Å². The minimum absolute atomic E-state index is 0.0217. The molecule has 2 aromatic carbocycles. The fourth-order valence-electron chi connectivity index (χ4n) is 7.74. The van der Waals surface area contributed by atoms with Crippen molar-refractivity contribution in [1.82, 2.24) is 26.3 Å². The predicted octanol–water partition coefficient (Wildman–Crippen LogP) is 6.17. The van der Waals surface area contributed by atoms with Gasteiger partial charge in [0.25, 0.3) is 5.92 Å². The Morgan fingerprint density at radius 1 is 1.00 bits per heavy atom. The van der Waals surface area contributed by atoms with Gasteiger partial charge in [-0.25, -0.2) is 4.39 Å². The normalized spacial score (nSPS) is 19.6. The van der Waals surface area contributed by atoms with Gasteiger partial charge in [0.05, 0.1) is 11.9 Å². The number of aryl methyl sites for hydroxylation is 1. The molecule has 1 saturated heterocycles. The second kappa shape index (κ2) is 18.5. The first-order valence-electron chi connectivity index (χ1n) is 19.9. The van der Waals surface area contributed by atoms with Gasteiger partial charge in [0, 0.05) is 55.3 Å². The largest absolute Gasteiger partial charge is 0.381 e. The average Bonchev–Trinajstić information content (AvgIpc) is 3.57. The predicted molar refractivity (Wildman–Crippen MR) is 209 cm³/mol. The number of hydrogen-bond acceptors (Lipinski definition) is 5. The standard InChI is InChI=1S/C43H56F3N5O5/c1-6-26(4)35(23-36(52)47-25-28-17-20-56-21-18-28)49-41(55)42(19-16-34-31(24-42)30-13-11-14-32(39(30)48-34)43(45,46)8-3)51-40(54)38(27(5)7-2)50-37(53)22-29-12-9-10-15-33(29)44/h8-15,26-28,35,38,48H,3,6-7,16-25H2,1-2,4-5H3,(H,47,52)(H,49,55)(H,50,53)(H,51,54)/t26?,27?,35-,38+,42-/m1/s1. The number of alkyl halides is 2. The van der Waals surface area contributed by atoms with Crippen molar-refractivity contribution in [2.75, 3.05) is 19.8 Å². The van der Waals surface area contributed by atoms with E-state index in [1.165, 1.54) is 30.3 Å². The van der Waals surface area contributed by atoms with Crippen LogP contribution in [-0.2, 0) is 49.1 Å². The molecular weight excluding hydrogens is 723 g/mol. The monoisotopic (exact) mass is 779 g/mol. The molecule has 2 aliphatic rings. The summed E-state index contributed by atoms with van der Waals surface area (Å²) in [7, 11) is 0. The molecule has 0 spiro atoms. The van der Waals surface area contributed by atoms with E-state index in [1.807, 2.05) is 20.8 Å². The summed E-state index contributed by atoms with van der Waals surface area (Å²) in [5.41, 5.74) is -0.146. The minimum atomic E-state index is -3.32. The van der Waals surface area contributed by atoms with Gasteiger partial charge in [-0.05, 0) is 66.7 Å². The number of amides is 4. The third kappa shape index (κ3) is 9.83. The SMILES string of the molecule is C=CC(F)(F)c1cccc2c3c([nH]c12)CC[C@](NC(=O)[C@@H](NC(=O)Cc1ccccc1F)C(C)CC)(C(=O)N[C@H](CC(=O)NCC1CCOCC1)C(C)CC)C3.